The summed E-state index contributed by atoms with van der Waals surface area (Å²) in [7, 11) is -1.02. The summed E-state index contributed by atoms with van der Waals surface area (Å²) in [6.07, 6.45) is 0. The maximum Gasteiger partial charge on any atom is 0.164 e. The van der Waals surface area contributed by atoms with Crippen LogP contribution in [0.15, 0.2) is 30.3 Å². The van der Waals surface area contributed by atoms with Crippen molar-refractivity contribution in [3.8, 4) is 0 Å². The highest BCUT2D eigenvalue weighted by Gasteiger charge is 2.43. The summed E-state index contributed by atoms with van der Waals surface area (Å²) in [5, 5.41) is 1.58. The second kappa shape index (κ2) is 7.27. The first-order valence-electron chi connectivity index (χ1n) is 6.94. The molecule has 4 heteroatoms. The van der Waals surface area contributed by atoms with Crippen molar-refractivity contribution in [3.05, 3.63) is 30.3 Å². The average Bonchev–Trinajstić information content (AvgIpc) is 2.39. The number of hydrogen-bond acceptors (Lipinski definition) is 2. The molecule has 0 saturated carbocycles. The van der Waals surface area contributed by atoms with Gasteiger partial charge >= 0.3 is 0 Å². The lowest BCUT2D eigenvalue weighted by Gasteiger charge is -2.38. The summed E-state index contributed by atoms with van der Waals surface area (Å²) in [4.78, 5) is 0. The smallest absolute Gasteiger partial charge is 0.164 e. The minimum Gasteiger partial charge on any atom is -1.00 e. The molecule has 0 unspecified atom stereocenters. The standard InChI is InChI=1S/C16H26PS2.ClH/c1-16(2,3)13-11-18-15(19-12-13)17(4,5)14-9-7-6-8-10-14;/h6-10,13,15H,11-12H2,1-5H3;1H/q+1;/p-1. The molecular weight excluding hydrogens is 323 g/mol. The highest BCUT2D eigenvalue weighted by Crippen LogP contribution is 2.65. The average molecular weight is 349 g/mol. The van der Waals surface area contributed by atoms with Crippen molar-refractivity contribution in [1.29, 1.82) is 0 Å². The van der Waals surface area contributed by atoms with Crippen LogP contribution in [-0.2, 0) is 0 Å². The van der Waals surface area contributed by atoms with Crippen molar-refractivity contribution < 1.29 is 12.4 Å². The molecule has 0 amide bonds. The second-order valence-corrected chi connectivity index (χ2v) is 14.3. The van der Waals surface area contributed by atoms with Crippen LogP contribution in [-0.4, -0.2) is 29.2 Å². The van der Waals surface area contributed by atoms with Gasteiger partial charge in [-0.25, -0.2) is 0 Å². The fourth-order valence-corrected chi connectivity index (χ4v) is 10.7. The zero-order chi connectivity index (χ0) is 14.1. The summed E-state index contributed by atoms with van der Waals surface area (Å²) >= 11 is 4.42. The molecule has 0 nitrogen and oxygen atoms in total. The van der Waals surface area contributed by atoms with Gasteiger partial charge in [0.25, 0.3) is 0 Å². The number of halogens is 1. The van der Waals surface area contributed by atoms with Crippen molar-refractivity contribution in [2.45, 2.75) is 25.1 Å². The molecule has 2 rings (SSSR count). The van der Waals surface area contributed by atoms with E-state index in [1.807, 2.05) is 0 Å². The van der Waals surface area contributed by atoms with Crippen LogP contribution in [0.4, 0.5) is 0 Å². The van der Waals surface area contributed by atoms with E-state index in [9.17, 15) is 0 Å². The fraction of sp³-hybridized carbons (Fsp3) is 0.625. The Morgan fingerprint density at radius 2 is 1.50 bits per heavy atom. The van der Waals surface area contributed by atoms with E-state index in [0.717, 1.165) is 10.2 Å². The van der Waals surface area contributed by atoms with Gasteiger partial charge in [-0.1, -0.05) is 39.0 Å². The van der Waals surface area contributed by atoms with Crippen LogP contribution in [0.25, 0.3) is 0 Å². The Morgan fingerprint density at radius 3 is 1.95 bits per heavy atom. The van der Waals surface area contributed by atoms with Crippen LogP contribution in [0, 0.1) is 11.3 Å². The van der Waals surface area contributed by atoms with Crippen LogP contribution < -0.4 is 17.7 Å². The predicted octanol–water partition coefficient (Wildman–Crippen LogP) is 2.02. The molecule has 1 fully saturated rings. The van der Waals surface area contributed by atoms with Crippen LogP contribution in [0.2, 0.25) is 0 Å². The Kier molecular flexibility index (Phi) is 6.79. The lowest BCUT2D eigenvalue weighted by Crippen LogP contribution is -3.00. The van der Waals surface area contributed by atoms with Crippen LogP contribution >= 0.6 is 30.8 Å². The Hall–Kier alpha value is 0.640. The zero-order valence-electron chi connectivity index (χ0n) is 13.1. The van der Waals surface area contributed by atoms with Gasteiger partial charge in [-0.15, -0.1) is 23.5 Å². The Bertz CT molecular complexity index is 406. The first-order chi connectivity index (χ1) is 8.82. The van der Waals surface area contributed by atoms with E-state index in [4.69, 9.17) is 0 Å². The first kappa shape index (κ1) is 18.7. The van der Waals surface area contributed by atoms with E-state index in [2.05, 4.69) is 88.0 Å². The summed E-state index contributed by atoms with van der Waals surface area (Å²) in [5.41, 5.74) is 0.459. The van der Waals surface area contributed by atoms with Gasteiger partial charge in [0.1, 0.15) is 0 Å². The van der Waals surface area contributed by atoms with E-state index >= 15 is 0 Å². The normalized spacial score (nSPS) is 24.1. The highest BCUT2D eigenvalue weighted by atomic mass is 35.5. The van der Waals surface area contributed by atoms with Gasteiger partial charge in [0.15, 0.2) is 4.32 Å². The van der Waals surface area contributed by atoms with Gasteiger partial charge in [-0.2, -0.15) is 0 Å². The van der Waals surface area contributed by atoms with Gasteiger partial charge in [-0.3, -0.25) is 0 Å². The Morgan fingerprint density at radius 1 is 1.00 bits per heavy atom. The minimum atomic E-state index is -1.02. The van der Waals surface area contributed by atoms with Crippen LogP contribution in [0.5, 0.6) is 0 Å². The van der Waals surface area contributed by atoms with Crippen molar-refractivity contribution in [3.63, 3.8) is 0 Å². The lowest BCUT2D eigenvalue weighted by molar-refractivity contribution is -0.00000449. The second-order valence-electron chi connectivity index (χ2n) is 6.91. The van der Waals surface area contributed by atoms with Gasteiger partial charge in [0.2, 0.25) is 0 Å². The molecule has 20 heavy (non-hydrogen) atoms. The molecule has 0 spiro atoms. The van der Waals surface area contributed by atoms with Crippen LogP contribution in [0.3, 0.4) is 0 Å². The minimum absolute atomic E-state index is 0. The molecule has 1 aromatic rings. The molecule has 0 aromatic heterocycles. The molecular formula is C16H26ClPS2. The van der Waals surface area contributed by atoms with Crippen molar-refractivity contribution in [2.75, 3.05) is 24.8 Å². The third-order valence-corrected chi connectivity index (χ3v) is 13.4. The monoisotopic (exact) mass is 348 g/mol. The number of thioether (sulfide) groups is 2. The molecule has 1 aromatic carbocycles. The van der Waals surface area contributed by atoms with Gasteiger partial charge < -0.3 is 12.4 Å². The maximum absolute atomic E-state index is 2.50. The molecule has 1 heterocycles. The highest BCUT2D eigenvalue weighted by molar-refractivity contribution is 8.27. The van der Waals surface area contributed by atoms with E-state index in [1.165, 1.54) is 11.5 Å². The molecule has 1 saturated heterocycles. The molecule has 1 aliphatic rings. The number of rotatable bonds is 2. The summed E-state index contributed by atoms with van der Waals surface area (Å²) in [5.74, 6) is 3.52. The van der Waals surface area contributed by atoms with Gasteiger partial charge in [0, 0.05) is 11.5 Å². The SMILES string of the molecule is CC(C)(C)C1CSC([P+](C)(C)c2ccccc2)SC1.[Cl-]. The maximum atomic E-state index is 2.50. The van der Waals surface area contributed by atoms with Crippen molar-refractivity contribution in [2.24, 2.45) is 11.3 Å². The molecule has 1 aliphatic heterocycles. The van der Waals surface area contributed by atoms with Gasteiger partial charge in [0.05, 0.1) is 25.9 Å². The molecule has 0 radical (unpaired) electrons. The molecule has 114 valence electrons. The van der Waals surface area contributed by atoms with E-state index in [-0.39, 0.29) is 12.4 Å². The summed E-state index contributed by atoms with van der Waals surface area (Å²) < 4.78 is 0.786. The fourth-order valence-electron chi connectivity index (χ4n) is 2.30. The van der Waals surface area contributed by atoms with Gasteiger partial charge in [-0.05, 0) is 23.5 Å². The number of benzene rings is 1. The zero-order valence-corrected chi connectivity index (χ0v) is 16.4. The molecule has 0 atom stereocenters. The topological polar surface area (TPSA) is 0 Å². The van der Waals surface area contributed by atoms with Crippen molar-refractivity contribution >= 4 is 36.1 Å². The number of hydrogen-bond donors (Lipinski definition) is 0. The molecule has 0 N–H and O–H groups in total. The largest absolute Gasteiger partial charge is 1.00 e. The third kappa shape index (κ3) is 4.32. The van der Waals surface area contributed by atoms with Crippen LogP contribution in [0.1, 0.15) is 20.8 Å². The summed E-state index contributed by atoms with van der Waals surface area (Å²) in [6, 6.07) is 11.1. The van der Waals surface area contributed by atoms with E-state index in [1.54, 1.807) is 5.30 Å². The van der Waals surface area contributed by atoms with E-state index in [0.29, 0.717) is 5.41 Å². The molecule has 0 aliphatic carbocycles. The Balaban J connectivity index is 0.00000200. The predicted molar refractivity (Wildman–Crippen MR) is 96.5 cm³/mol. The van der Waals surface area contributed by atoms with E-state index < -0.39 is 7.26 Å². The first-order valence-corrected chi connectivity index (χ1v) is 11.8. The Labute approximate surface area is 140 Å². The molecule has 0 bridgehead atoms. The quantitative estimate of drug-likeness (QED) is 0.750. The lowest BCUT2D eigenvalue weighted by atomic mass is 9.83. The third-order valence-electron chi connectivity index (χ3n) is 4.05. The summed E-state index contributed by atoms with van der Waals surface area (Å²) in [6.45, 7) is 12.2. The van der Waals surface area contributed by atoms with Crippen molar-refractivity contribution in [1.82, 2.24) is 0 Å².